The third-order valence-corrected chi connectivity index (χ3v) is 22.1. The summed E-state index contributed by atoms with van der Waals surface area (Å²) in [6, 6.07) is 10.2. The van der Waals surface area contributed by atoms with Gasteiger partial charge in [0.05, 0.1) is 0 Å². The highest BCUT2D eigenvalue weighted by Crippen LogP contribution is 2.41. The van der Waals surface area contributed by atoms with Crippen molar-refractivity contribution in [3.63, 3.8) is 0 Å². The molecule has 0 unspecified atom stereocenters. The van der Waals surface area contributed by atoms with E-state index in [1.807, 2.05) is 0 Å². The predicted octanol–water partition coefficient (Wildman–Crippen LogP) is 32.5. The number of benzene rings is 2. The average molecular weight is 1300 g/mol. The van der Waals surface area contributed by atoms with Gasteiger partial charge in [0.1, 0.15) is 0 Å². The van der Waals surface area contributed by atoms with Crippen molar-refractivity contribution in [2.24, 2.45) is 0 Å². The number of unbranched alkanes of at least 4 members (excludes halogenated alkanes) is 55. The highest BCUT2D eigenvalue weighted by atomic mass is 15.2. The zero-order valence-electron chi connectivity index (χ0n) is 65.1. The Hall–Kier alpha value is -2.48. The van der Waals surface area contributed by atoms with Gasteiger partial charge in [-0.05, 0) is 148 Å². The molecule has 2 nitrogen and oxygen atoms in total. The van der Waals surface area contributed by atoms with Crippen LogP contribution in [0, 0.1) is 0 Å². The van der Waals surface area contributed by atoms with Crippen molar-refractivity contribution < 1.29 is 4.70 Å². The maximum Gasteiger partial charge on any atom is 0.210 e. The lowest BCUT2D eigenvalue weighted by Gasteiger charge is -2.20. The predicted molar refractivity (Wildman–Crippen MR) is 424 cm³/mol. The Labute approximate surface area is 590 Å². The summed E-state index contributed by atoms with van der Waals surface area (Å²) in [5, 5.41) is 0. The van der Waals surface area contributed by atoms with E-state index >= 15 is 0 Å². The molecule has 0 fully saturated rings. The van der Waals surface area contributed by atoms with Crippen LogP contribution in [0.3, 0.4) is 0 Å². The number of hydrogen-bond acceptors (Lipinski definition) is 0. The second-order valence-electron chi connectivity index (χ2n) is 31.0. The lowest BCUT2D eigenvalue weighted by atomic mass is 9.87. The van der Waals surface area contributed by atoms with E-state index in [2.05, 4.69) is 78.8 Å². The summed E-state index contributed by atoms with van der Waals surface area (Å²) in [7, 11) is 0. The summed E-state index contributed by atoms with van der Waals surface area (Å²) in [6.07, 6.45) is 97.5. The van der Waals surface area contributed by atoms with Gasteiger partial charge in [0.25, 0.3) is 0 Å². The summed E-state index contributed by atoms with van der Waals surface area (Å²) in [5.74, 6) is 0. The summed E-state index contributed by atoms with van der Waals surface area (Å²) < 4.78 is 1.67. The van der Waals surface area contributed by atoms with Crippen molar-refractivity contribution in [1.82, 2.24) is 0 Å². The second-order valence-corrected chi connectivity index (χ2v) is 31.0. The summed E-state index contributed by atoms with van der Waals surface area (Å²) in [4.78, 5) is 0. The molecule has 0 N–H and O–H groups in total. The van der Waals surface area contributed by atoms with Crippen LogP contribution < -0.4 is 0 Å². The van der Waals surface area contributed by atoms with Crippen LogP contribution in [0.15, 0.2) is 35.9 Å². The van der Waals surface area contributed by atoms with E-state index in [0.29, 0.717) is 0 Å². The molecule has 2 aromatic carbocycles. The third kappa shape index (κ3) is 41.8. The van der Waals surface area contributed by atoms with Crippen molar-refractivity contribution in [1.29, 1.82) is 0 Å². The van der Waals surface area contributed by atoms with E-state index in [-0.39, 0.29) is 0 Å². The molecule has 1 heterocycles. The molecule has 0 amide bonds. The first-order valence-electron chi connectivity index (χ1n) is 43.7. The van der Waals surface area contributed by atoms with Crippen LogP contribution in [0.4, 0.5) is 0 Å². The average Bonchev–Trinajstić information content (AvgIpc) is 1.35. The van der Waals surface area contributed by atoms with Gasteiger partial charge in [0.15, 0.2) is 0 Å². The molecular weight excluding hydrogens is 1130 g/mol. The van der Waals surface area contributed by atoms with Crippen LogP contribution in [0.25, 0.3) is 16.9 Å². The number of hydrogen-bond donors (Lipinski definition) is 0. The molecule has 1 aliphatic heterocycles. The van der Waals surface area contributed by atoms with E-state index in [4.69, 9.17) is 0 Å². The molecule has 2 heteroatoms. The van der Waals surface area contributed by atoms with E-state index in [1.165, 1.54) is 415 Å². The molecule has 0 spiro atoms. The van der Waals surface area contributed by atoms with Gasteiger partial charge in [-0.3, -0.25) is 0 Å². The standard InChI is InChI=1S/C92H164N2/c1-8-15-22-24-26-28-30-32-34-36-38-40-42-44-46-48-50-52-54-56-58-60-62-64-66-68-75-89-82(70-17-10-3)77-87(78-83(89)71-18-11-4)91-81-86(74-21-14-7)92(94(91)93)88-79-84(72-19-12-5)90(85(80-88)73-20-13-6)76-69-67-65-63-61-59-57-55-53-51-49-47-45-43-41-39-37-35-33-31-29-27-25-23-16-9-2/h77-81H,8-76H2,1-7H3. The molecule has 1 aliphatic rings. The normalized spacial score (nSPS) is 12.6. The molecule has 0 aromatic heterocycles. The number of nitrogens with zero attached hydrogens (tertiary/aromatic N) is 2. The number of allylic oxidation sites excluding steroid dienone is 2. The maximum atomic E-state index is 12.8. The van der Waals surface area contributed by atoms with Crippen molar-refractivity contribution in [3.8, 4) is 0 Å². The fourth-order valence-electron chi connectivity index (χ4n) is 15.7. The van der Waals surface area contributed by atoms with E-state index < -0.39 is 0 Å². The summed E-state index contributed by atoms with van der Waals surface area (Å²) >= 11 is 0. The van der Waals surface area contributed by atoms with Crippen molar-refractivity contribution in [2.75, 3.05) is 0 Å². The zero-order valence-corrected chi connectivity index (χ0v) is 65.1. The highest BCUT2D eigenvalue weighted by Gasteiger charge is 2.31. The Kier molecular flexibility index (Phi) is 57.2. The van der Waals surface area contributed by atoms with E-state index in [0.717, 1.165) is 56.3 Å². The summed E-state index contributed by atoms with van der Waals surface area (Å²) in [5.41, 5.74) is 28.2. The molecule has 94 heavy (non-hydrogen) atoms. The molecule has 0 aliphatic carbocycles. The van der Waals surface area contributed by atoms with Crippen LogP contribution in [-0.2, 0) is 38.5 Å². The first-order valence-corrected chi connectivity index (χ1v) is 43.7. The van der Waals surface area contributed by atoms with Gasteiger partial charge in [-0.1, -0.05) is 402 Å². The minimum absolute atomic E-state index is 1.00. The second kappa shape index (κ2) is 62.7. The SMILES string of the molecule is CCCCCCCCCCCCCCCCCCCCCCCCCCCCc1c(CCCC)cc(C2=CC(CCCC)=C(c3cc(CCCC)c(CCCCCCCCCCCCCCCCCCCCCCCCCCCC)c(CCCC)c3)[N+]2=[N-])cc1CCCC. The Morgan fingerprint density at radius 3 is 0.628 bits per heavy atom. The van der Waals surface area contributed by atoms with Crippen molar-refractivity contribution in [3.05, 3.63) is 86.0 Å². The maximum absolute atomic E-state index is 12.8. The first kappa shape index (κ1) is 85.7. The van der Waals surface area contributed by atoms with Gasteiger partial charge < -0.3 is 5.53 Å². The molecule has 0 saturated heterocycles. The molecule has 0 radical (unpaired) electrons. The van der Waals surface area contributed by atoms with Gasteiger partial charge in [-0.25, -0.2) is 4.70 Å². The highest BCUT2D eigenvalue weighted by molar-refractivity contribution is 5.79. The first-order chi connectivity index (χ1) is 46.5. The molecule has 0 bridgehead atoms. The Morgan fingerprint density at radius 1 is 0.213 bits per heavy atom. The molecule has 0 atom stereocenters. The van der Waals surface area contributed by atoms with Gasteiger partial charge >= 0.3 is 0 Å². The van der Waals surface area contributed by atoms with Gasteiger partial charge in [-0.2, -0.15) is 0 Å². The van der Waals surface area contributed by atoms with Crippen LogP contribution >= 0.6 is 0 Å². The third-order valence-electron chi connectivity index (χ3n) is 22.1. The Balaban J connectivity index is 1.46. The van der Waals surface area contributed by atoms with Crippen LogP contribution in [-0.4, -0.2) is 4.70 Å². The fraction of sp³-hybridized carbons (Fsp3) is 0.826. The number of aryl methyl sites for hydroxylation is 4. The molecule has 2 aromatic rings. The lowest BCUT2D eigenvalue weighted by molar-refractivity contribution is -0.344. The lowest BCUT2D eigenvalue weighted by Crippen LogP contribution is -2.09. The van der Waals surface area contributed by atoms with Crippen LogP contribution in [0.5, 0.6) is 0 Å². The van der Waals surface area contributed by atoms with Crippen molar-refractivity contribution >= 4 is 11.4 Å². The van der Waals surface area contributed by atoms with Crippen LogP contribution in [0.2, 0.25) is 0 Å². The minimum atomic E-state index is 1.00. The monoisotopic (exact) mass is 1300 g/mol. The smallest absolute Gasteiger partial charge is 0.210 e. The Bertz CT molecular complexity index is 2060. The van der Waals surface area contributed by atoms with Gasteiger partial charge in [0.2, 0.25) is 11.4 Å². The molecular formula is C92H164N2. The number of rotatable bonds is 71. The zero-order chi connectivity index (χ0) is 67.3. The van der Waals surface area contributed by atoms with Gasteiger partial charge in [0, 0.05) is 22.8 Å². The molecule has 542 valence electrons. The van der Waals surface area contributed by atoms with E-state index in [1.54, 1.807) is 38.1 Å². The van der Waals surface area contributed by atoms with Crippen molar-refractivity contribution in [2.45, 2.75) is 492 Å². The summed E-state index contributed by atoms with van der Waals surface area (Å²) in [6.45, 7) is 16.4. The largest absolute Gasteiger partial charge is 0.493 e. The Morgan fingerprint density at radius 2 is 0.404 bits per heavy atom. The van der Waals surface area contributed by atoms with E-state index in [9.17, 15) is 5.53 Å². The van der Waals surface area contributed by atoms with Gasteiger partial charge in [-0.15, -0.1) is 0 Å². The molecule has 0 saturated carbocycles. The topological polar surface area (TPSA) is 25.3 Å². The minimum Gasteiger partial charge on any atom is -0.493 e. The quantitative estimate of drug-likeness (QED) is 0.0466. The van der Waals surface area contributed by atoms with Crippen LogP contribution in [0.1, 0.15) is 497 Å². The fourth-order valence-corrected chi connectivity index (χ4v) is 15.7. The molecule has 3 rings (SSSR count).